The van der Waals surface area contributed by atoms with Crippen LogP contribution < -0.4 is 10.9 Å². The Morgan fingerprint density at radius 2 is 2.06 bits per heavy atom. The molecule has 1 aromatic heterocycles. The molecule has 0 saturated carbocycles. The molecule has 1 aromatic rings. The van der Waals surface area contributed by atoms with Gasteiger partial charge in [0.1, 0.15) is 0 Å². The van der Waals surface area contributed by atoms with Crippen LogP contribution in [0.1, 0.15) is 30.1 Å². The number of aromatic nitrogens is 2. The zero-order chi connectivity index (χ0) is 11.8. The van der Waals surface area contributed by atoms with Crippen LogP contribution in [0.25, 0.3) is 0 Å². The van der Waals surface area contributed by atoms with Crippen molar-refractivity contribution < 1.29 is 0 Å². The number of hydrogen-bond donors (Lipinski definition) is 2. The maximum absolute atomic E-state index is 11.9. The predicted octanol–water partition coefficient (Wildman–Crippen LogP) is 0.0888. The van der Waals surface area contributed by atoms with E-state index in [1.807, 2.05) is 0 Å². The topological polar surface area (TPSA) is 53.1 Å². The summed E-state index contributed by atoms with van der Waals surface area (Å²) in [4.78, 5) is 14.2. The van der Waals surface area contributed by atoms with Gasteiger partial charge in [0.15, 0.2) is 0 Å². The third kappa shape index (κ3) is 1.93. The molecule has 1 saturated heterocycles. The first-order chi connectivity index (χ1) is 8.25. The second kappa shape index (κ2) is 4.31. The summed E-state index contributed by atoms with van der Waals surface area (Å²) in [5, 5.41) is 6.42. The van der Waals surface area contributed by atoms with Gasteiger partial charge in [-0.2, -0.15) is 0 Å². The second-order valence-electron chi connectivity index (χ2n) is 5.21. The fourth-order valence-electron chi connectivity index (χ4n) is 2.96. The molecule has 0 unspecified atom stereocenters. The minimum absolute atomic E-state index is 0.131. The summed E-state index contributed by atoms with van der Waals surface area (Å²) in [5.41, 5.74) is 2.36. The molecule has 0 aromatic carbocycles. The molecular formula is C12H20N4O. The molecule has 0 amide bonds. The van der Waals surface area contributed by atoms with Crippen molar-refractivity contribution in [2.24, 2.45) is 0 Å². The zero-order valence-electron chi connectivity index (χ0n) is 10.3. The second-order valence-corrected chi connectivity index (χ2v) is 5.21. The summed E-state index contributed by atoms with van der Waals surface area (Å²) in [7, 11) is 2.12. The van der Waals surface area contributed by atoms with Gasteiger partial charge in [-0.3, -0.25) is 14.6 Å². The van der Waals surface area contributed by atoms with E-state index in [9.17, 15) is 4.79 Å². The van der Waals surface area contributed by atoms with Crippen molar-refractivity contribution in [3.8, 4) is 0 Å². The lowest BCUT2D eigenvalue weighted by atomic mass is 10.0. The van der Waals surface area contributed by atoms with Crippen molar-refractivity contribution in [2.45, 2.75) is 31.8 Å². The summed E-state index contributed by atoms with van der Waals surface area (Å²) < 4.78 is 2.15. The Hall–Kier alpha value is -1.07. The van der Waals surface area contributed by atoms with Gasteiger partial charge in [0.2, 0.25) is 0 Å². The van der Waals surface area contributed by atoms with E-state index >= 15 is 0 Å². The van der Waals surface area contributed by atoms with Crippen molar-refractivity contribution >= 4 is 0 Å². The summed E-state index contributed by atoms with van der Waals surface area (Å²) in [5.74, 6) is 0. The molecule has 2 aliphatic heterocycles. The van der Waals surface area contributed by atoms with Crippen molar-refractivity contribution in [3.05, 3.63) is 21.6 Å². The Morgan fingerprint density at radius 3 is 2.82 bits per heavy atom. The fraction of sp³-hybridized carbons (Fsp3) is 0.750. The van der Waals surface area contributed by atoms with Crippen LogP contribution in [0.4, 0.5) is 0 Å². The molecule has 1 fully saturated rings. The maximum Gasteiger partial charge on any atom is 0.267 e. The minimum atomic E-state index is 0.131. The smallest absolute Gasteiger partial charge is 0.267 e. The first-order valence-electron chi connectivity index (χ1n) is 6.47. The van der Waals surface area contributed by atoms with Crippen LogP contribution in [-0.4, -0.2) is 41.4 Å². The van der Waals surface area contributed by atoms with Crippen LogP contribution in [0, 0.1) is 0 Å². The average molecular weight is 236 g/mol. The van der Waals surface area contributed by atoms with Crippen molar-refractivity contribution in [3.63, 3.8) is 0 Å². The van der Waals surface area contributed by atoms with Gasteiger partial charge in [-0.05, 0) is 39.4 Å². The number of rotatable bonds is 1. The van der Waals surface area contributed by atoms with E-state index in [0.717, 1.165) is 51.0 Å². The zero-order valence-corrected chi connectivity index (χ0v) is 10.3. The molecule has 94 valence electrons. The number of nitrogens with zero attached hydrogens (tertiary/aromatic N) is 2. The Kier molecular flexibility index (Phi) is 2.80. The highest BCUT2D eigenvalue weighted by molar-refractivity contribution is 5.21. The molecule has 0 spiro atoms. The number of hydrogen-bond acceptors (Lipinski definition) is 3. The molecule has 5 heteroatoms. The third-order valence-corrected chi connectivity index (χ3v) is 3.97. The van der Waals surface area contributed by atoms with Gasteiger partial charge in [0.05, 0.1) is 11.7 Å². The predicted molar refractivity (Wildman–Crippen MR) is 66.2 cm³/mol. The van der Waals surface area contributed by atoms with Crippen molar-refractivity contribution in [2.75, 3.05) is 26.7 Å². The van der Waals surface area contributed by atoms with Gasteiger partial charge in [0.25, 0.3) is 5.56 Å². The molecule has 2 aliphatic rings. The highest BCUT2D eigenvalue weighted by Crippen LogP contribution is 2.23. The van der Waals surface area contributed by atoms with E-state index in [1.165, 1.54) is 5.69 Å². The van der Waals surface area contributed by atoms with E-state index in [-0.39, 0.29) is 5.56 Å². The molecule has 3 heterocycles. The third-order valence-electron chi connectivity index (χ3n) is 3.97. The van der Waals surface area contributed by atoms with Crippen LogP contribution in [0.15, 0.2) is 4.79 Å². The van der Waals surface area contributed by atoms with Gasteiger partial charge in [0, 0.05) is 18.7 Å². The number of nitrogens with one attached hydrogen (secondary N) is 2. The Morgan fingerprint density at radius 1 is 1.29 bits per heavy atom. The number of fused-ring (bicyclic) bond motifs is 1. The van der Waals surface area contributed by atoms with Gasteiger partial charge in [-0.25, -0.2) is 0 Å². The molecule has 0 bridgehead atoms. The summed E-state index contributed by atoms with van der Waals surface area (Å²) in [6.45, 7) is 4.00. The lowest BCUT2D eigenvalue weighted by Crippen LogP contribution is -2.33. The monoisotopic (exact) mass is 236 g/mol. The Balaban J connectivity index is 1.96. The molecule has 2 N–H and O–H groups in total. The molecule has 3 rings (SSSR count). The molecular weight excluding hydrogens is 216 g/mol. The van der Waals surface area contributed by atoms with Crippen LogP contribution in [-0.2, 0) is 13.0 Å². The van der Waals surface area contributed by atoms with Crippen molar-refractivity contribution in [1.29, 1.82) is 0 Å². The Bertz CT molecular complexity index is 456. The van der Waals surface area contributed by atoms with Gasteiger partial charge in [-0.15, -0.1) is 0 Å². The number of piperidine rings is 1. The lowest BCUT2D eigenvalue weighted by Gasteiger charge is -2.29. The normalized spacial score (nSPS) is 22.6. The van der Waals surface area contributed by atoms with Gasteiger partial charge in [-0.1, -0.05) is 0 Å². The number of aromatic amines is 1. The quantitative estimate of drug-likeness (QED) is 0.726. The van der Waals surface area contributed by atoms with E-state index in [0.29, 0.717) is 6.04 Å². The average Bonchev–Trinajstić information content (AvgIpc) is 2.67. The highest BCUT2D eigenvalue weighted by atomic mass is 16.1. The Labute approximate surface area is 101 Å². The van der Waals surface area contributed by atoms with Crippen LogP contribution in [0.3, 0.4) is 0 Å². The molecule has 0 atom stereocenters. The van der Waals surface area contributed by atoms with E-state index in [1.54, 1.807) is 0 Å². The molecule has 5 nitrogen and oxygen atoms in total. The molecule has 17 heavy (non-hydrogen) atoms. The number of H-pyrrole nitrogens is 1. The fourth-order valence-corrected chi connectivity index (χ4v) is 2.96. The first kappa shape index (κ1) is 11.0. The van der Waals surface area contributed by atoms with Crippen molar-refractivity contribution in [1.82, 2.24) is 20.0 Å². The maximum atomic E-state index is 11.9. The molecule has 0 radical (unpaired) electrons. The minimum Gasteiger partial charge on any atom is -0.317 e. The highest BCUT2D eigenvalue weighted by Gasteiger charge is 2.25. The summed E-state index contributed by atoms with van der Waals surface area (Å²) in [6, 6.07) is 0.471. The van der Waals surface area contributed by atoms with Gasteiger partial charge >= 0.3 is 0 Å². The van der Waals surface area contributed by atoms with Crippen LogP contribution in [0.5, 0.6) is 0 Å². The summed E-state index contributed by atoms with van der Waals surface area (Å²) >= 11 is 0. The summed E-state index contributed by atoms with van der Waals surface area (Å²) in [6.07, 6.45) is 3.11. The lowest BCUT2D eigenvalue weighted by molar-refractivity contribution is 0.276. The van der Waals surface area contributed by atoms with Gasteiger partial charge < -0.3 is 10.2 Å². The van der Waals surface area contributed by atoms with Crippen LogP contribution in [0.2, 0.25) is 0 Å². The number of likely N-dealkylation sites (N-methyl/N-ethyl adjacent to an activating group) is 1. The van der Waals surface area contributed by atoms with E-state index < -0.39 is 0 Å². The first-order valence-corrected chi connectivity index (χ1v) is 6.47. The largest absolute Gasteiger partial charge is 0.317 e. The van der Waals surface area contributed by atoms with E-state index in [4.69, 9.17) is 0 Å². The van der Waals surface area contributed by atoms with Crippen LogP contribution >= 0.6 is 0 Å². The molecule has 0 aliphatic carbocycles. The standard InChI is InChI=1S/C12H20N4O/c1-15-7-4-10-11(8-15)16(14-12(10)17)9-2-5-13-6-3-9/h9,13H,2-8H2,1H3,(H,14,17). The SMILES string of the molecule is CN1CCc2c(n(C3CCNCC3)[nH]c2=O)C1. The van der Waals surface area contributed by atoms with E-state index in [2.05, 4.69) is 27.0 Å².